The maximum absolute atomic E-state index is 13.8. The zero-order valence-corrected chi connectivity index (χ0v) is 12.1. The van der Waals surface area contributed by atoms with Crippen molar-refractivity contribution in [1.29, 1.82) is 0 Å². The number of H-pyrrole nitrogens is 1. The standard InChI is InChI=1S/C15H16F2N4O/c1-20-7-8-21(9-12(20)14-18-5-6-19-14)15(22)10-3-2-4-11(16)13(10)17/h2-6,12H,7-9H2,1H3,(H,18,19). The lowest BCUT2D eigenvalue weighted by molar-refractivity contribution is 0.0529. The first-order valence-corrected chi connectivity index (χ1v) is 7.00. The maximum Gasteiger partial charge on any atom is 0.257 e. The van der Waals surface area contributed by atoms with Gasteiger partial charge in [0.05, 0.1) is 11.6 Å². The van der Waals surface area contributed by atoms with Gasteiger partial charge in [-0.15, -0.1) is 0 Å². The van der Waals surface area contributed by atoms with Crippen molar-refractivity contribution in [2.75, 3.05) is 26.7 Å². The number of amides is 1. The molecule has 22 heavy (non-hydrogen) atoms. The van der Waals surface area contributed by atoms with E-state index in [4.69, 9.17) is 0 Å². The molecule has 1 aromatic carbocycles. The number of hydrogen-bond donors (Lipinski definition) is 1. The summed E-state index contributed by atoms with van der Waals surface area (Å²) in [7, 11) is 1.94. The van der Waals surface area contributed by atoms with Crippen LogP contribution in [0.5, 0.6) is 0 Å². The highest BCUT2D eigenvalue weighted by Crippen LogP contribution is 2.23. The molecule has 7 heteroatoms. The molecule has 0 bridgehead atoms. The van der Waals surface area contributed by atoms with Gasteiger partial charge in [-0.3, -0.25) is 9.69 Å². The number of imidazole rings is 1. The average molecular weight is 306 g/mol. The van der Waals surface area contributed by atoms with E-state index in [1.807, 2.05) is 7.05 Å². The highest BCUT2D eigenvalue weighted by atomic mass is 19.2. The van der Waals surface area contributed by atoms with Gasteiger partial charge in [0, 0.05) is 32.0 Å². The molecule has 1 aromatic heterocycles. The third-order valence-electron chi connectivity index (χ3n) is 3.95. The van der Waals surface area contributed by atoms with E-state index < -0.39 is 17.5 Å². The molecule has 0 aliphatic carbocycles. The third-order valence-corrected chi connectivity index (χ3v) is 3.95. The number of aromatic nitrogens is 2. The fourth-order valence-electron chi connectivity index (χ4n) is 2.65. The van der Waals surface area contributed by atoms with Crippen LogP contribution in [0.15, 0.2) is 30.6 Å². The Kier molecular flexibility index (Phi) is 3.89. The second kappa shape index (κ2) is 5.84. The Bertz CT molecular complexity index is 674. The minimum Gasteiger partial charge on any atom is -0.347 e. The number of benzene rings is 1. The lowest BCUT2D eigenvalue weighted by Gasteiger charge is -2.38. The van der Waals surface area contributed by atoms with E-state index in [1.54, 1.807) is 12.4 Å². The number of nitrogens with one attached hydrogen (secondary N) is 1. The molecule has 1 aliphatic rings. The monoisotopic (exact) mass is 306 g/mol. The lowest BCUT2D eigenvalue weighted by atomic mass is 10.1. The van der Waals surface area contributed by atoms with E-state index in [0.29, 0.717) is 19.6 Å². The summed E-state index contributed by atoms with van der Waals surface area (Å²) < 4.78 is 27.1. The van der Waals surface area contributed by atoms with Gasteiger partial charge in [-0.2, -0.15) is 0 Å². The first kappa shape index (κ1) is 14.6. The first-order chi connectivity index (χ1) is 10.6. The van der Waals surface area contributed by atoms with Gasteiger partial charge in [0.15, 0.2) is 11.6 Å². The Hall–Kier alpha value is -2.28. The fourth-order valence-corrected chi connectivity index (χ4v) is 2.65. The van der Waals surface area contributed by atoms with E-state index in [2.05, 4.69) is 14.9 Å². The second-order valence-corrected chi connectivity index (χ2v) is 5.32. The number of carbonyl (C=O) groups is 1. The summed E-state index contributed by atoms with van der Waals surface area (Å²) in [6.07, 6.45) is 3.37. The van der Waals surface area contributed by atoms with Gasteiger partial charge in [-0.25, -0.2) is 13.8 Å². The molecule has 1 saturated heterocycles. The molecule has 0 saturated carbocycles. The molecule has 1 atom stereocenters. The molecule has 0 radical (unpaired) electrons. The van der Waals surface area contributed by atoms with Crippen molar-refractivity contribution in [1.82, 2.24) is 19.8 Å². The van der Waals surface area contributed by atoms with Crippen LogP contribution < -0.4 is 0 Å². The SMILES string of the molecule is CN1CCN(C(=O)c2cccc(F)c2F)CC1c1ncc[nH]1. The van der Waals surface area contributed by atoms with Gasteiger partial charge >= 0.3 is 0 Å². The number of hydrogen-bond acceptors (Lipinski definition) is 3. The normalized spacial score (nSPS) is 19.4. The van der Waals surface area contributed by atoms with Crippen molar-refractivity contribution < 1.29 is 13.6 Å². The predicted octanol–water partition coefficient (Wildman–Crippen LogP) is 1.82. The number of likely N-dealkylation sites (N-methyl/N-ethyl adjacent to an activating group) is 1. The van der Waals surface area contributed by atoms with Crippen molar-refractivity contribution in [3.8, 4) is 0 Å². The van der Waals surface area contributed by atoms with E-state index >= 15 is 0 Å². The molecule has 1 aliphatic heterocycles. The molecular formula is C15H16F2N4O. The van der Waals surface area contributed by atoms with Crippen LogP contribution >= 0.6 is 0 Å². The highest BCUT2D eigenvalue weighted by Gasteiger charge is 2.31. The smallest absolute Gasteiger partial charge is 0.257 e. The van der Waals surface area contributed by atoms with E-state index in [-0.39, 0.29) is 11.6 Å². The zero-order valence-electron chi connectivity index (χ0n) is 12.1. The number of piperazine rings is 1. The Morgan fingerprint density at radius 1 is 1.36 bits per heavy atom. The van der Waals surface area contributed by atoms with Crippen LogP contribution in [0.25, 0.3) is 0 Å². The molecule has 2 heterocycles. The van der Waals surface area contributed by atoms with Gasteiger partial charge in [0.25, 0.3) is 5.91 Å². The summed E-state index contributed by atoms with van der Waals surface area (Å²) in [6, 6.07) is 3.55. The van der Waals surface area contributed by atoms with Crippen molar-refractivity contribution in [2.24, 2.45) is 0 Å². The summed E-state index contributed by atoms with van der Waals surface area (Å²) in [5, 5.41) is 0. The Morgan fingerprint density at radius 3 is 2.91 bits per heavy atom. The molecule has 0 spiro atoms. The number of halogens is 2. The summed E-state index contributed by atoms with van der Waals surface area (Å²) in [5.41, 5.74) is -0.234. The van der Waals surface area contributed by atoms with Gasteiger partial charge in [-0.1, -0.05) is 6.07 Å². The number of carbonyl (C=O) groups excluding carboxylic acids is 1. The minimum atomic E-state index is -1.10. The van der Waals surface area contributed by atoms with Crippen LogP contribution in [0.2, 0.25) is 0 Å². The molecule has 1 N–H and O–H groups in total. The quantitative estimate of drug-likeness (QED) is 0.921. The number of aromatic amines is 1. The van der Waals surface area contributed by atoms with E-state index in [1.165, 1.54) is 17.0 Å². The van der Waals surface area contributed by atoms with Crippen LogP contribution in [-0.4, -0.2) is 52.4 Å². The molecule has 1 unspecified atom stereocenters. The van der Waals surface area contributed by atoms with E-state index in [0.717, 1.165) is 11.9 Å². The van der Waals surface area contributed by atoms with Crippen LogP contribution in [0, 0.1) is 11.6 Å². The molecule has 2 aromatic rings. The van der Waals surface area contributed by atoms with Gasteiger partial charge < -0.3 is 9.88 Å². The Morgan fingerprint density at radius 2 is 2.18 bits per heavy atom. The van der Waals surface area contributed by atoms with Gasteiger partial charge in [0.1, 0.15) is 5.82 Å². The number of nitrogens with zero attached hydrogens (tertiary/aromatic N) is 3. The van der Waals surface area contributed by atoms with Crippen molar-refractivity contribution >= 4 is 5.91 Å². The molecule has 1 fully saturated rings. The molecule has 5 nitrogen and oxygen atoms in total. The maximum atomic E-state index is 13.8. The summed E-state index contributed by atoms with van der Waals surface area (Å²) in [5.74, 6) is -1.86. The van der Waals surface area contributed by atoms with Gasteiger partial charge in [0.2, 0.25) is 0 Å². The summed E-state index contributed by atoms with van der Waals surface area (Å²) >= 11 is 0. The second-order valence-electron chi connectivity index (χ2n) is 5.32. The average Bonchev–Trinajstić information content (AvgIpc) is 3.04. The highest BCUT2D eigenvalue weighted by molar-refractivity contribution is 5.94. The molecule has 116 valence electrons. The molecule has 1 amide bonds. The topological polar surface area (TPSA) is 52.2 Å². The molecular weight excluding hydrogens is 290 g/mol. The number of rotatable bonds is 2. The summed E-state index contributed by atoms with van der Waals surface area (Å²) in [6.45, 7) is 1.47. The van der Waals surface area contributed by atoms with Crippen LogP contribution in [0.4, 0.5) is 8.78 Å². The zero-order chi connectivity index (χ0) is 15.7. The Balaban J connectivity index is 1.83. The van der Waals surface area contributed by atoms with Gasteiger partial charge in [-0.05, 0) is 19.2 Å². The predicted molar refractivity (Wildman–Crippen MR) is 76.2 cm³/mol. The Labute approximate surface area is 126 Å². The van der Waals surface area contributed by atoms with Crippen molar-refractivity contribution in [2.45, 2.75) is 6.04 Å². The van der Waals surface area contributed by atoms with Crippen LogP contribution in [0.1, 0.15) is 22.2 Å². The summed E-state index contributed by atoms with van der Waals surface area (Å²) in [4.78, 5) is 23.3. The fraction of sp³-hybridized carbons (Fsp3) is 0.333. The van der Waals surface area contributed by atoms with Crippen molar-refractivity contribution in [3.63, 3.8) is 0 Å². The first-order valence-electron chi connectivity index (χ1n) is 7.00. The van der Waals surface area contributed by atoms with E-state index in [9.17, 15) is 13.6 Å². The van der Waals surface area contributed by atoms with Crippen LogP contribution in [-0.2, 0) is 0 Å². The lowest BCUT2D eigenvalue weighted by Crippen LogP contribution is -2.49. The molecule has 3 rings (SSSR count). The minimum absolute atomic E-state index is 0.0932. The van der Waals surface area contributed by atoms with Crippen molar-refractivity contribution in [3.05, 3.63) is 53.6 Å². The largest absolute Gasteiger partial charge is 0.347 e. The third kappa shape index (κ3) is 2.59. The van der Waals surface area contributed by atoms with Crippen LogP contribution in [0.3, 0.4) is 0 Å².